The van der Waals surface area contributed by atoms with Crippen LogP contribution in [0.2, 0.25) is 0 Å². The van der Waals surface area contributed by atoms with E-state index >= 15 is 0 Å². The summed E-state index contributed by atoms with van der Waals surface area (Å²) in [4.78, 5) is 14.5. The average Bonchev–Trinajstić information content (AvgIpc) is 2.88. The molecule has 4 heteroatoms. The van der Waals surface area contributed by atoms with E-state index in [0.717, 1.165) is 50.9 Å². The molecule has 0 unspecified atom stereocenters. The van der Waals surface area contributed by atoms with E-state index in [1.165, 1.54) is 22.3 Å². The highest BCUT2D eigenvalue weighted by Gasteiger charge is 2.24. The van der Waals surface area contributed by atoms with Crippen LogP contribution in [0.25, 0.3) is 0 Å². The minimum absolute atomic E-state index is 0.241. The van der Waals surface area contributed by atoms with Crippen LogP contribution < -0.4 is 5.32 Å². The summed E-state index contributed by atoms with van der Waals surface area (Å²) in [5.74, 6) is 0. The Balaban J connectivity index is 1.68. The number of allylic oxidation sites excluding steroid dienone is 2. The normalized spacial score (nSPS) is 20.0. The Labute approximate surface area is 162 Å². The Kier molecular flexibility index (Phi) is 6.88. The molecule has 0 atom stereocenters. The second-order valence-corrected chi connectivity index (χ2v) is 7.29. The van der Waals surface area contributed by atoms with Crippen LogP contribution in [0.15, 0.2) is 65.4 Å². The Morgan fingerprint density at radius 2 is 2.00 bits per heavy atom. The van der Waals surface area contributed by atoms with Crippen LogP contribution in [0.3, 0.4) is 0 Å². The topological polar surface area (TPSA) is 41.6 Å². The van der Waals surface area contributed by atoms with Gasteiger partial charge in [-0.1, -0.05) is 42.5 Å². The van der Waals surface area contributed by atoms with E-state index in [4.69, 9.17) is 4.74 Å². The lowest BCUT2D eigenvalue weighted by molar-refractivity contribution is 0.113. The number of rotatable bonds is 4. The summed E-state index contributed by atoms with van der Waals surface area (Å²) in [6.45, 7) is 9.40. The van der Waals surface area contributed by atoms with Gasteiger partial charge in [-0.05, 0) is 68.5 Å². The molecular formula is C23H30N2O2. The number of benzene rings is 1. The molecule has 0 saturated carbocycles. The van der Waals surface area contributed by atoms with Crippen LogP contribution in [0.5, 0.6) is 0 Å². The molecule has 2 heterocycles. The van der Waals surface area contributed by atoms with E-state index in [1.54, 1.807) is 0 Å². The Morgan fingerprint density at radius 3 is 2.81 bits per heavy atom. The van der Waals surface area contributed by atoms with Crippen LogP contribution >= 0.6 is 0 Å². The number of carbonyl (C=O) groups is 1. The summed E-state index contributed by atoms with van der Waals surface area (Å²) in [7, 11) is 0. The second kappa shape index (κ2) is 9.56. The third-order valence-electron chi connectivity index (χ3n) is 5.28. The van der Waals surface area contributed by atoms with E-state index in [1.807, 2.05) is 23.1 Å². The molecule has 0 bridgehead atoms. The fourth-order valence-corrected chi connectivity index (χ4v) is 3.61. The maximum atomic E-state index is 12.7. The van der Waals surface area contributed by atoms with Crippen LogP contribution in [0, 0.1) is 0 Å². The van der Waals surface area contributed by atoms with Gasteiger partial charge in [0.15, 0.2) is 0 Å². The van der Waals surface area contributed by atoms with Crippen LogP contribution in [0.1, 0.15) is 38.2 Å². The van der Waals surface area contributed by atoms with Gasteiger partial charge in [-0.25, -0.2) is 4.79 Å². The first-order chi connectivity index (χ1) is 13.1. The van der Waals surface area contributed by atoms with Gasteiger partial charge in [0.25, 0.3) is 0 Å². The van der Waals surface area contributed by atoms with Crippen molar-refractivity contribution in [3.05, 3.63) is 71.0 Å². The Hall–Kier alpha value is -2.33. The fourth-order valence-electron chi connectivity index (χ4n) is 3.61. The van der Waals surface area contributed by atoms with Crippen molar-refractivity contribution in [2.45, 2.75) is 39.0 Å². The molecule has 1 aromatic carbocycles. The van der Waals surface area contributed by atoms with Gasteiger partial charge in [0.2, 0.25) is 0 Å². The highest BCUT2D eigenvalue weighted by molar-refractivity contribution is 5.71. The number of nitrogens with zero attached hydrogens (tertiary/aromatic N) is 1. The number of carbonyl (C=O) groups excluding carboxylic acids is 1. The number of ether oxygens (including phenoxy) is 1. The number of hydrogen-bond acceptors (Lipinski definition) is 3. The van der Waals surface area contributed by atoms with Crippen molar-refractivity contribution in [2.75, 3.05) is 26.2 Å². The van der Waals surface area contributed by atoms with Crippen molar-refractivity contribution in [1.82, 2.24) is 10.2 Å². The maximum Gasteiger partial charge on any atom is 0.414 e. The number of nitrogens with one attached hydrogen (secondary N) is 1. The standard InChI is InChI=1S/C23H30N2O2/c1-18-10-13-24-14-11-21(18)17-22-19(2)7-6-15-25(22)23(26)27-16-12-20-8-4-3-5-9-20/h3-5,8-9,17,24H,1,6-7,10-16H2,2H3/b21-17-. The molecule has 1 saturated heterocycles. The van der Waals surface area contributed by atoms with Gasteiger partial charge in [0.05, 0.1) is 6.61 Å². The van der Waals surface area contributed by atoms with Gasteiger partial charge >= 0.3 is 6.09 Å². The van der Waals surface area contributed by atoms with Gasteiger partial charge in [-0.2, -0.15) is 0 Å². The highest BCUT2D eigenvalue weighted by atomic mass is 16.6. The van der Waals surface area contributed by atoms with Gasteiger partial charge in [0, 0.05) is 18.7 Å². The molecule has 2 aliphatic heterocycles. The lowest BCUT2D eigenvalue weighted by atomic mass is 9.97. The first-order valence-electron chi connectivity index (χ1n) is 9.92. The largest absolute Gasteiger partial charge is 0.449 e. The van der Waals surface area contributed by atoms with Crippen LogP contribution in [-0.2, 0) is 11.2 Å². The van der Waals surface area contributed by atoms with Gasteiger partial charge in [-0.15, -0.1) is 0 Å². The molecule has 1 aromatic rings. The van der Waals surface area contributed by atoms with Crippen molar-refractivity contribution in [3.63, 3.8) is 0 Å². The lowest BCUT2D eigenvalue weighted by Crippen LogP contribution is -2.35. The first-order valence-corrected chi connectivity index (χ1v) is 9.92. The van der Waals surface area contributed by atoms with Crippen LogP contribution in [0.4, 0.5) is 4.79 Å². The molecule has 3 rings (SSSR count). The maximum absolute atomic E-state index is 12.7. The van der Waals surface area contributed by atoms with E-state index in [0.29, 0.717) is 13.2 Å². The SMILES string of the molecule is C=C1CCNCC/C1=C/C1=C(C)CCCN1C(=O)OCCc1ccccc1. The Morgan fingerprint density at radius 1 is 1.22 bits per heavy atom. The molecule has 0 spiro atoms. The summed E-state index contributed by atoms with van der Waals surface area (Å²) in [6.07, 6.45) is 6.58. The predicted octanol–water partition coefficient (Wildman–Crippen LogP) is 4.60. The summed E-state index contributed by atoms with van der Waals surface area (Å²) >= 11 is 0. The summed E-state index contributed by atoms with van der Waals surface area (Å²) < 4.78 is 5.59. The molecular weight excluding hydrogens is 336 g/mol. The van der Waals surface area contributed by atoms with Gasteiger partial charge in [0.1, 0.15) is 0 Å². The van der Waals surface area contributed by atoms with Crippen molar-refractivity contribution in [3.8, 4) is 0 Å². The molecule has 1 N–H and O–H groups in total. The molecule has 4 nitrogen and oxygen atoms in total. The summed E-state index contributed by atoms with van der Waals surface area (Å²) in [6, 6.07) is 10.1. The zero-order valence-electron chi connectivity index (χ0n) is 16.3. The Bertz CT molecular complexity index is 734. The molecule has 1 fully saturated rings. The average molecular weight is 367 g/mol. The molecule has 0 radical (unpaired) electrons. The van der Waals surface area contributed by atoms with Crippen molar-refractivity contribution in [1.29, 1.82) is 0 Å². The van der Waals surface area contributed by atoms with E-state index < -0.39 is 0 Å². The smallest absolute Gasteiger partial charge is 0.414 e. The lowest BCUT2D eigenvalue weighted by Gasteiger charge is -2.29. The monoisotopic (exact) mass is 366 g/mol. The molecule has 0 aliphatic carbocycles. The minimum atomic E-state index is -0.241. The van der Waals surface area contributed by atoms with E-state index in [2.05, 4.69) is 37.0 Å². The third kappa shape index (κ3) is 5.33. The predicted molar refractivity (Wildman–Crippen MR) is 109 cm³/mol. The van der Waals surface area contributed by atoms with Crippen molar-refractivity contribution < 1.29 is 9.53 Å². The third-order valence-corrected chi connectivity index (χ3v) is 5.28. The minimum Gasteiger partial charge on any atom is -0.449 e. The van der Waals surface area contributed by atoms with Crippen molar-refractivity contribution in [2.24, 2.45) is 0 Å². The van der Waals surface area contributed by atoms with Crippen LogP contribution in [-0.4, -0.2) is 37.2 Å². The zero-order valence-corrected chi connectivity index (χ0v) is 16.3. The van der Waals surface area contributed by atoms with Gasteiger partial charge < -0.3 is 10.1 Å². The number of amides is 1. The van der Waals surface area contributed by atoms with Crippen molar-refractivity contribution >= 4 is 6.09 Å². The van der Waals surface area contributed by atoms with Gasteiger partial charge in [-0.3, -0.25) is 4.90 Å². The van der Waals surface area contributed by atoms with E-state index in [-0.39, 0.29) is 6.09 Å². The molecule has 144 valence electrons. The summed E-state index contributed by atoms with van der Waals surface area (Å²) in [5.41, 5.74) is 5.85. The molecule has 0 aromatic heterocycles. The first kappa shape index (κ1) is 19.4. The van der Waals surface area contributed by atoms with E-state index in [9.17, 15) is 4.79 Å². The zero-order chi connectivity index (χ0) is 19.1. The highest BCUT2D eigenvalue weighted by Crippen LogP contribution is 2.28. The summed E-state index contributed by atoms with van der Waals surface area (Å²) in [5, 5.41) is 3.41. The second-order valence-electron chi connectivity index (χ2n) is 7.29. The quantitative estimate of drug-likeness (QED) is 0.847. The molecule has 1 amide bonds. The number of hydrogen-bond donors (Lipinski definition) is 1. The molecule has 2 aliphatic rings. The molecule has 27 heavy (non-hydrogen) atoms. The fraction of sp³-hybridized carbons (Fsp3) is 0.435.